The Morgan fingerprint density at radius 1 is 1.13 bits per heavy atom. The number of nitrogens with zero attached hydrogens (tertiary/aromatic N) is 7. The molecule has 4 aromatic rings. The van der Waals surface area contributed by atoms with Crippen LogP contribution in [0.2, 0.25) is 0 Å². The zero-order chi connectivity index (χ0) is 20.7. The molecule has 0 bridgehead atoms. The van der Waals surface area contributed by atoms with E-state index in [2.05, 4.69) is 20.4 Å². The Bertz CT molecular complexity index is 1210. The number of amides is 1. The van der Waals surface area contributed by atoms with Gasteiger partial charge in [-0.05, 0) is 6.42 Å². The molecular weight excluding hydrogens is 380 g/mol. The first-order chi connectivity index (χ1) is 14.7. The van der Waals surface area contributed by atoms with Crippen LogP contribution in [0.25, 0.3) is 17.3 Å². The molecule has 0 aliphatic carbocycles. The highest BCUT2D eigenvalue weighted by atomic mass is 16.2. The topological polar surface area (TPSA) is 93.8 Å². The Morgan fingerprint density at radius 2 is 1.97 bits per heavy atom. The summed E-state index contributed by atoms with van der Waals surface area (Å²) in [6.45, 7) is 1.98. The number of anilines is 3. The molecule has 1 amide bonds. The van der Waals surface area contributed by atoms with E-state index in [9.17, 15) is 4.79 Å². The molecule has 3 aromatic heterocycles. The highest BCUT2D eigenvalue weighted by Crippen LogP contribution is 2.37. The summed E-state index contributed by atoms with van der Waals surface area (Å²) in [5, 5.41) is 7.20. The van der Waals surface area contributed by atoms with Crippen LogP contribution in [-0.2, 0) is 11.8 Å². The number of carbonyl (C=O) groups excluding carboxylic acids is 1. The minimum absolute atomic E-state index is 0.0854. The van der Waals surface area contributed by atoms with Gasteiger partial charge in [-0.3, -0.25) is 14.0 Å². The number of fused-ring (bicyclic) bond motifs is 1. The molecule has 4 heterocycles. The van der Waals surface area contributed by atoms with Gasteiger partial charge in [0, 0.05) is 31.2 Å². The Labute approximate surface area is 173 Å². The Kier molecular flexibility index (Phi) is 4.27. The lowest BCUT2D eigenvalue weighted by Crippen LogP contribution is -2.45. The van der Waals surface area contributed by atoms with Gasteiger partial charge in [-0.1, -0.05) is 37.3 Å². The second-order valence-corrected chi connectivity index (χ2v) is 7.05. The molecule has 0 radical (unpaired) electrons. The Hall–Kier alpha value is -4.01. The number of nitrogens with one attached hydrogen (secondary N) is 1. The molecular formula is C21H20N8O. The van der Waals surface area contributed by atoms with E-state index in [1.165, 1.54) is 0 Å². The molecule has 0 saturated carbocycles. The van der Waals surface area contributed by atoms with E-state index in [0.717, 1.165) is 17.1 Å². The van der Waals surface area contributed by atoms with Crippen LogP contribution >= 0.6 is 0 Å². The number of hydrogen-bond acceptors (Lipinski definition) is 6. The van der Waals surface area contributed by atoms with E-state index in [4.69, 9.17) is 4.98 Å². The summed E-state index contributed by atoms with van der Waals surface area (Å²) in [4.78, 5) is 28.4. The number of aryl methyl sites for hydroxylation is 1. The van der Waals surface area contributed by atoms with Gasteiger partial charge in [0.25, 0.3) is 0 Å². The maximum atomic E-state index is 12.7. The Morgan fingerprint density at radius 3 is 2.70 bits per heavy atom. The van der Waals surface area contributed by atoms with Crippen LogP contribution in [0.5, 0.6) is 0 Å². The molecule has 0 spiro atoms. The van der Waals surface area contributed by atoms with Gasteiger partial charge in [-0.15, -0.1) is 0 Å². The standard InChI is InChI=1S/C21H20N8O/c1-3-17-20(30)25-16-12-23-21(26-19(16)29(17)15-11-24-27(2)13-15)28-10-9-22-18(28)14-7-5-4-6-8-14/h4-13,17H,3H2,1-2H3,(H,25,30)/t17-/m1/s1. The van der Waals surface area contributed by atoms with Gasteiger partial charge in [0.1, 0.15) is 17.6 Å². The molecule has 9 heteroatoms. The number of benzene rings is 1. The van der Waals surface area contributed by atoms with Crippen LogP contribution < -0.4 is 10.2 Å². The molecule has 1 N–H and O–H groups in total. The molecule has 0 saturated heterocycles. The van der Waals surface area contributed by atoms with E-state index in [0.29, 0.717) is 23.9 Å². The third-order valence-corrected chi connectivity index (χ3v) is 5.10. The fourth-order valence-corrected chi connectivity index (χ4v) is 3.70. The minimum atomic E-state index is -0.388. The first-order valence-corrected chi connectivity index (χ1v) is 9.70. The van der Waals surface area contributed by atoms with Crippen molar-refractivity contribution in [1.29, 1.82) is 0 Å². The van der Waals surface area contributed by atoms with Gasteiger partial charge in [-0.25, -0.2) is 9.97 Å². The van der Waals surface area contributed by atoms with Gasteiger partial charge < -0.3 is 10.2 Å². The predicted molar refractivity (Wildman–Crippen MR) is 113 cm³/mol. The molecule has 0 unspecified atom stereocenters. The largest absolute Gasteiger partial charge is 0.320 e. The molecule has 1 aliphatic heterocycles. The van der Waals surface area contributed by atoms with Crippen LogP contribution in [0.15, 0.2) is 61.3 Å². The first kappa shape index (κ1) is 18.0. The van der Waals surface area contributed by atoms with E-state index in [-0.39, 0.29) is 11.9 Å². The van der Waals surface area contributed by atoms with E-state index in [1.54, 1.807) is 23.3 Å². The Balaban J connectivity index is 1.65. The van der Waals surface area contributed by atoms with Crippen molar-refractivity contribution < 1.29 is 4.79 Å². The molecule has 5 rings (SSSR count). The SMILES string of the molecule is CC[C@@H]1C(=O)Nc2cnc(-n3ccnc3-c3ccccc3)nc2N1c1cnn(C)c1. The fraction of sp³-hybridized carbons (Fsp3) is 0.190. The molecule has 150 valence electrons. The summed E-state index contributed by atoms with van der Waals surface area (Å²) in [6.07, 6.45) is 9.43. The van der Waals surface area contributed by atoms with Crippen molar-refractivity contribution in [3.05, 3.63) is 61.3 Å². The highest BCUT2D eigenvalue weighted by Gasteiger charge is 2.35. The van der Waals surface area contributed by atoms with Crippen molar-refractivity contribution in [2.75, 3.05) is 10.2 Å². The third-order valence-electron chi connectivity index (χ3n) is 5.10. The van der Waals surface area contributed by atoms with Gasteiger partial charge in [0.2, 0.25) is 11.9 Å². The second kappa shape index (κ2) is 7.11. The average molecular weight is 400 g/mol. The third kappa shape index (κ3) is 2.91. The number of imidazole rings is 1. The normalized spacial score (nSPS) is 15.7. The molecule has 1 atom stereocenters. The summed E-state index contributed by atoms with van der Waals surface area (Å²) in [5.74, 6) is 1.77. The number of hydrogen-bond donors (Lipinski definition) is 1. The highest BCUT2D eigenvalue weighted by molar-refractivity contribution is 6.04. The van der Waals surface area contributed by atoms with Crippen molar-refractivity contribution in [3.63, 3.8) is 0 Å². The lowest BCUT2D eigenvalue weighted by atomic mass is 10.1. The lowest BCUT2D eigenvalue weighted by Gasteiger charge is -2.35. The second-order valence-electron chi connectivity index (χ2n) is 7.05. The van der Waals surface area contributed by atoms with Gasteiger partial charge in [-0.2, -0.15) is 10.1 Å². The molecule has 1 aromatic carbocycles. The average Bonchev–Trinajstić information content (AvgIpc) is 3.42. The van der Waals surface area contributed by atoms with Crippen LogP contribution in [0.4, 0.5) is 17.2 Å². The number of carbonyl (C=O) groups is 1. The smallest absolute Gasteiger partial charge is 0.247 e. The zero-order valence-corrected chi connectivity index (χ0v) is 16.6. The quantitative estimate of drug-likeness (QED) is 0.566. The van der Waals surface area contributed by atoms with Crippen molar-refractivity contribution in [2.45, 2.75) is 19.4 Å². The number of aromatic nitrogens is 6. The minimum Gasteiger partial charge on any atom is -0.320 e. The van der Waals surface area contributed by atoms with E-state index < -0.39 is 0 Å². The summed E-state index contributed by atoms with van der Waals surface area (Å²) < 4.78 is 3.55. The summed E-state index contributed by atoms with van der Waals surface area (Å²) in [7, 11) is 1.85. The molecule has 30 heavy (non-hydrogen) atoms. The summed E-state index contributed by atoms with van der Waals surface area (Å²) in [5.41, 5.74) is 2.34. The summed E-state index contributed by atoms with van der Waals surface area (Å²) >= 11 is 0. The van der Waals surface area contributed by atoms with Crippen LogP contribution in [-0.4, -0.2) is 41.2 Å². The fourth-order valence-electron chi connectivity index (χ4n) is 3.70. The molecule has 0 fully saturated rings. The van der Waals surface area contributed by atoms with Gasteiger partial charge >= 0.3 is 0 Å². The van der Waals surface area contributed by atoms with Crippen LogP contribution in [0.1, 0.15) is 13.3 Å². The van der Waals surface area contributed by atoms with Crippen LogP contribution in [0.3, 0.4) is 0 Å². The molecule has 1 aliphatic rings. The number of rotatable bonds is 4. The summed E-state index contributed by atoms with van der Waals surface area (Å²) in [6, 6.07) is 9.49. The van der Waals surface area contributed by atoms with Crippen molar-refractivity contribution >= 4 is 23.1 Å². The first-order valence-electron chi connectivity index (χ1n) is 9.70. The maximum Gasteiger partial charge on any atom is 0.247 e. The molecule has 9 nitrogen and oxygen atoms in total. The van der Waals surface area contributed by atoms with Crippen molar-refractivity contribution in [2.24, 2.45) is 7.05 Å². The maximum absolute atomic E-state index is 12.7. The van der Waals surface area contributed by atoms with Gasteiger partial charge in [0.05, 0.1) is 18.1 Å². The van der Waals surface area contributed by atoms with Crippen molar-refractivity contribution in [1.82, 2.24) is 29.3 Å². The predicted octanol–water partition coefficient (Wildman–Crippen LogP) is 2.93. The van der Waals surface area contributed by atoms with E-state index in [1.807, 2.05) is 66.2 Å². The monoisotopic (exact) mass is 400 g/mol. The lowest BCUT2D eigenvalue weighted by molar-refractivity contribution is -0.117. The van der Waals surface area contributed by atoms with Crippen LogP contribution in [0, 0.1) is 0 Å². The van der Waals surface area contributed by atoms with E-state index >= 15 is 0 Å². The van der Waals surface area contributed by atoms with Gasteiger partial charge in [0.15, 0.2) is 5.82 Å². The van der Waals surface area contributed by atoms with Crippen molar-refractivity contribution in [3.8, 4) is 17.3 Å². The zero-order valence-electron chi connectivity index (χ0n) is 16.6.